The second-order valence-corrected chi connectivity index (χ2v) is 9.88. The number of benzene rings is 2. The lowest BCUT2D eigenvalue weighted by atomic mass is 10.1. The molecule has 0 amide bonds. The van der Waals surface area contributed by atoms with Gasteiger partial charge in [0.05, 0.1) is 21.8 Å². The minimum Gasteiger partial charge on any atom is -0.355 e. The molecule has 2 aromatic carbocycles. The highest BCUT2D eigenvalue weighted by molar-refractivity contribution is 8.03. The molecule has 0 aromatic heterocycles. The summed E-state index contributed by atoms with van der Waals surface area (Å²) < 4.78 is 0. The van der Waals surface area contributed by atoms with Crippen LogP contribution in [0.4, 0.5) is 11.4 Å². The van der Waals surface area contributed by atoms with E-state index in [1.54, 1.807) is 0 Å². The van der Waals surface area contributed by atoms with Gasteiger partial charge in [0.15, 0.2) is 0 Å². The topological polar surface area (TPSA) is 6.48 Å². The summed E-state index contributed by atoms with van der Waals surface area (Å²) in [4.78, 5) is 7.75. The largest absolute Gasteiger partial charge is 0.355 e. The Morgan fingerprint density at radius 1 is 0.931 bits per heavy atom. The predicted octanol–water partition coefficient (Wildman–Crippen LogP) is 7.37. The van der Waals surface area contributed by atoms with Gasteiger partial charge >= 0.3 is 0 Å². The minimum absolute atomic E-state index is 0.370. The zero-order valence-electron chi connectivity index (χ0n) is 18.0. The van der Waals surface area contributed by atoms with Crippen molar-refractivity contribution in [3.8, 4) is 0 Å². The lowest BCUT2D eigenvalue weighted by Gasteiger charge is -2.24. The summed E-state index contributed by atoms with van der Waals surface area (Å²) >= 11 is 3.88. The molecule has 1 unspecified atom stereocenters. The second-order valence-electron chi connectivity index (χ2n) is 7.66. The molecule has 2 aromatic rings. The van der Waals surface area contributed by atoms with Gasteiger partial charge in [0, 0.05) is 22.9 Å². The quantitative estimate of drug-likeness (QED) is 0.496. The van der Waals surface area contributed by atoms with Gasteiger partial charge < -0.3 is 9.80 Å². The number of rotatable bonds is 5. The van der Waals surface area contributed by atoms with E-state index in [2.05, 4.69) is 93.0 Å². The Morgan fingerprint density at radius 3 is 2.28 bits per heavy atom. The van der Waals surface area contributed by atoms with E-state index in [-0.39, 0.29) is 0 Å². The molecule has 29 heavy (non-hydrogen) atoms. The van der Waals surface area contributed by atoms with E-state index in [0.717, 1.165) is 19.5 Å². The van der Waals surface area contributed by atoms with Gasteiger partial charge in [-0.05, 0) is 87.2 Å². The van der Waals surface area contributed by atoms with Crippen LogP contribution in [0.1, 0.15) is 38.3 Å². The van der Waals surface area contributed by atoms with Crippen molar-refractivity contribution in [1.29, 1.82) is 0 Å². The fraction of sp³-hybridized carbons (Fsp3) is 0.360. The zero-order chi connectivity index (χ0) is 20.5. The summed E-state index contributed by atoms with van der Waals surface area (Å²) in [6.07, 6.45) is 5.92. The smallest absolute Gasteiger partial charge is 0.0988 e. The highest BCUT2D eigenvalue weighted by Gasteiger charge is 2.28. The van der Waals surface area contributed by atoms with E-state index >= 15 is 0 Å². The van der Waals surface area contributed by atoms with Gasteiger partial charge in [0.1, 0.15) is 0 Å². The van der Waals surface area contributed by atoms with Gasteiger partial charge in [-0.1, -0.05) is 42.6 Å². The average molecular weight is 423 g/mol. The maximum Gasteiger partial charge on any atom is 0.0988 e. The SMILES string of the molecule is CCC(/C=C1\Sc2ccc(C)cc2N1CC)=C\C1Sc2ccc(C)cc2N1CC. The third-order valence-corrected chi connectivity index (χ3v) is 7.94. The number of thioether (sulfide) groups is 2. The summed E-state index contributed by atoms with van der Waals surface area (Å²) in [7, 11) is 0. The van der Waals surface area contributed by atoms with Crippen LogP contribution in [0.3, 0.4) is 0 Å². The van der Waals surface area contributed by atoms with Crippen LogP contribution in [-0.4, -0.2) is 18.5 Å². The highest BCUT2D eigenvalue weighted by atomic mass is 32.2. The molecule has 0 N–H and O–H groups in total. The number of likely N-dealkylation sites (N-methyl/N-ethyl adjacent to an activating group) is 1. The number of hydrogen-bond acceptors (Lipinski definition) is 4. The number of hydrogen-bond donors (Lipinski definition) is 0. The minimum atomic E-state index is 0.370. The molecule has 2 aliphatic heterocycles. The molecule has 0 saturated carbocycles. The van der Waals surface area contributed by atoms with Crippen LogP contribution >= 0.6 is 23.5 Å². The maximum absolute atomic E-state index is 2.53. The monoisotopic (exact) mass is 422 g/mol. The molecule has 0 radical (unpaired) electrons. The normalized spacial score (nSPS) is 19.8. The van der Waals surface area contributed by atoms with E-state index in [4.69, 9.17) is 0 Å². The van der Waals surface area contributed by atoms with Crippen molar-refractivity contribution in [2.75, 3.05) is 22.9 Å². The summed E-state index contributed by atoms with van der Waals surface area (Å²) in [6, 6.07) is 13.6. The molecule has 0 bridgehead atoms. The third-order valence-electron chi connectivity index (χ3n) is 5.60. The summed E-state index contributed by atoms with van der Waals surface area (Å²) in [5.74, 6) is 0. The molecule has 2 heterocycles. The lowest BCUT2D eigenvalue weighted by molar-refractivity contribution is 0.870. The van der Waals surface area contributed by atoms with Gasteiger partial charge in [-0.25, -0.2) is 0 Å². The van der Waals surface area contributed by atoms with Crippen LogP contribution in [0.5, 0.6) is 0 Å². The Hall–Kier alpha value is -1.78. The van der Waals surface area contributed by atoms with Crippen molar-refractivity contribution < 1.29 is 0 Å². The van der Waals surface area contributed by atoms with Crippen LogP contribution in [0.25, 0.3) is 0 Å². The Balaban J connectivity index is 1.63. The van der Waals surface area contributed by atoms with Crippen LogP contribution in [0, 0.1) is 13.8 Å². The molecule has 0 fully saturated rings. The first-order chi connectivity index (χ1) is 14.0. The van der Waals surface area contributed by atoms with Crippen LogP contribution in [0.2, 0.25) is 0 Å². The van der Waals surface area contributed by atoms with Crippen molar-refractivity contribution in [2.24, 2.45) is 0 Å². The van der Waals surface area contributed by atoms with E-state index < -0.39 is 0 Å². The molecule has 2 aliphatic rings. The third kappa shape index (κ3) is 3.97. The standard InChI is InChI=1S/C25H30N2S2/c1-6-19(15-24-26(7-2)20-13-17(4)9-11-22(20)28-24)16-25-27(8-3)21-14-18(5)10-12-23(21)29-25/h9-16,24H,6-8H2,1-5H3/b19-15+,25-16-. The van der Waals surface area contributed by atoms with E-state index in [9.17, 15) is 0 Å². The number of aryl methyl sites for hydroxylation is 2. The molecule has 2 nitrogen and oxygen atoms in total. The Kier molecular flexibility index (Phi) is 6.03. The van der Waals surface area contributed by atoms with Crippen LogP contribution in [0.15, 0.2) is 68.9 Å². The molecule has 4 rings (SSSR count). The molecular weight excluding hydrogens is 392 g/mol. The molecule has 0 spiro atoms. The van der Waals surface area contributed by atoms with Gasteiger partial charge in [0.25, 0.3) is 0 Å². The number of nitrogens with zero attached hydrogens (tertiary/aromatic N) is 2. The van der Waals surface area contributed by atoms with Gasteiger partial charge in [0.2, 0.25) is 0 Å². The van der Waals surface area contributed by atoms with E-state index in [1.807, 2.05) is 23.5 Å². The average Bonchev–Trinajstić information content (AvgIpc) is 3.23. The lowest BCUT2D eigenvalue weighted by Crippen LogP contribution is -2.27. The van der Waals surface area contributed by atoms with Crippen molar-refractivity contribution in [1.82, 2.24) is 0 Å². The molecular formula is C25H30N2S2. The number of allylic oxidation sites excluding steroid dienone is 2. The Bertz CT molecular complexity index is 977. The first-order valence-electron chi connectivity index (χ1n) is 10.6. The van der Waals surface area contributed by atoms with Gasteiger partial charge in [-0.3, -0.25) is 0 Å². The van der Waals surface area contributed by atoms with Crippen LogP contribution < -0.4 is 9.80 Å². The Morgan fingerprint density at radius 2 is 1.62 bits per heavy atom. The van der Waals surface area contributed by atoms with Crippen molar-refractivity contribution in [2.45, 2.75) is 56.2 Å². The van der Waals surface area contributed by atoms with Gasteiger partial charge in [-0.15, -0.1) is 0 Å². The van der Waals surface area contributed by atoms with E-state index in [1.165, 1.54) is 42.9 Å². The molecule has 0 aliphatic carbocycles. The Labute approximate surface area is 184 Å². The van der Waals surface area contributed by atoms with E-state index in [0.29, 0.717) is 5.37 Å². The summed E-state index contributed by atoms with van der Waals surface area (Å²) in [5, 5.41) is 1.72. The predicted molar refractivity (Wildman–Crippen MR) is 130 cm³/mol. The highest BCUT2D eigenvalue weighted by Crippen LogP contribution is 2.47. The first kappa shape index (κ1) is 20.5. The van der Waals surface area contributed by atoms with Crippen molar-refractivity contribution in [3.63, 3.8) is 0 Å². The first-order valence-corrected chi connectivity index (χ1v) is 12.3. The maximum atomic E-state index is 2.53. The van der Waals surface area contributed by atoms with Crippen LogP contribution in [-0.2, 0) is 0 Å². The van der Waals surface area contributed by atoms with Gasteiger partial charge in [-0.2, -0.15) is 0 Å². The fourth-order valence-electron chi connectivity index (χ4n) is 4.01. The van der Waals surface area contributed by atoms with Crippen molar-refractivity contribution >= 4 is 34.9 Å². The molecule has 1 atom stereocenters. The molecule has 0 saturated heterocycles. The number of fused-ring (bicyclic) bond motifs is 2. The molecule has 152 valence electrons. The van der Waals surface area contributed by atoms with Crippen molar-refractivity contribution in [3.05, 3.63) is 70.3 Å². The number of anilines is 2. The zero-order valence-corrected chi connectivity index (χ0v) is 19.7. The molecule has 4 heteroatoms. The summed E-state index contributed by atoms with van der Waals surface area (Å²) in [5.41, 5.74) is 6.81. The fourth-order valence-corrected chi connectivity index (χ4v) is 6.53. The summed E-state index contributed by atoms with van der Waals surface area (Å²) in [6.45, 7) is 13.1. The second kappa shape index (κ2) is 8.53.